The molecule has 0 aromatic carbocycles. The van der Waals surface area contributed by atoms with E-state index < -0.39 is 0 Å². The molecule has 2 N–H and O–H groups in total. The van der Waals surface area contributed by atoms with Gasteiger partial charge in [-0.05, 0) is 31.4 Å². The van der Waals surface area contributed by atoms with E-state index in [4.69, 9.17) is 9.26 Å². The topological polar surface area (TPSA) is 84.6 Å². The third kappa shape index (κ3) is 7.19. The Morgan fingerprint density at radius 2 is 2.08 bits per heavy atom. The summed E-state index contributed by atoms with van der Waals surface area (Å²) >= 11 is 0. The van der Waals surface area contributed by atoms with Gasteiger partial charge in [-0.2, -0.15) is 0 Å². The average Bonchev–Trinajstić information content (AvgIpc) is 3.07. The maximum absolute atomic E-state index is 5.42. The van der Waals surface area contributed by atoms with Crippen LogP contribution in [0.1, 0.15) is 50.6 Å². The van der Waals surface area contributed by atoms with E-state index in [2.05, 4.69) is 39.6 Å². The van der Waals surface area contributed by atoms with Crippen molar-refractivity contribution in [2.45, 2.75) is 46.7 Å². The van der Waals surface area contributed by atoms with Crippen LogP contribution >= 0.6 is 24.0 Å². The van der Waals surface area contributed by atoms with E-state index in [0.717, 1.165) is 29.5 Å². The van der Waals surface area contributed by atoms with Crippen molar-refractivity contribution in [3.8, 4) is 5.88 Å². The minimum absolute atomic E-state index is 0. The number of ether oxygens (including phenoxy) is 1. The molecule has 0 spiro atoms. The van der Waals surface area contributed by atoms with Crippen molar-refractivity contribution in [1.29, 1.82) is 0 Å². The van der Waals surface area contributed by atoms with Crippen LogP contribution in [0, 0.1) is 0 Å². The molecule has 0 saturated heterocycles. The van der Waals surface area contributed by atoms with Crippen LogP contribution in [0.25, 0.3) is 0 Å². The molecule has 0 saturated carbocycles. The van der Waals surface area contributed by atoms with Gasteiger partial charge in [-0.3, -0.25) is 0 Å². The predicted molar refractivity (Wildman–Crippen MR) is 113 cm³/mol. The lowest BCUT2D eigenvalue weighted by Crippen LogP contribution is -2.36. The van der Waals surface area contributed by atoms with E-state index in [1.54, 1.807) is 6.20 Å². The van der Waals surface area contributed by atoms with Crippen LogP contribution in [-0.4, -0.2) is 29.3 Å². The molecule has 0 aliphatic rings. The molecule has 0 aliphatic heterocycles. The van der Waals surface area contributed by atoms with Gasteiger partial charge >= 0.3 is 0 Å². The zero-order valence-electron chi connectivity index (χ0n) is 15.8. The highest BCUT2D eigenvalue weighted by atomic mass is 127. The largest absolute Gasteiger partial charge is 0.478 e. The summed E-state index contributed by atoms with van der Waals surface area (Å²) in [5, 5.41) is 10.5. The molecule has 0 unspecified atom stereocenters. The van der Waals surface area contributed by atoms with Gasteiger partial charge in [0.05, 0.1) is 25.4 Å². The van der Waals surface area contributed by atoms with Crippen molar-refractivity contribution in [3.63, 3.8) is 0 Å². The van der Waals surface area contributed by atoms with Gasteiger partial charge in [0.2, 0.25) is 5.88 Å². The zero-order chi connectivity index (χ0) is 18.1. The van der Waals surface area contributed by atoms with Gasteiger partial charge in [-0.25, -0.2) is 9.98 Å². The minimum Gasteiger partial charge on any atom is -0.478 e. The first-order valence-electron chi connectivity index (χ1n) is 8.67. The summed E-state index contributed by atoms with van der Waals surface area (Å²) in [6, 6.07) is 5.81. The van der Waals surface area contributed by atoms with E-state index >= 15 is 0 Å². The molecule has 2 aromatic heterocycles. The van der Waals surface area contributed by atoms with Gasteiger partial charge < -0.3 is 19.9 Å². The first-order valence-corrected chi connectivity index (χ1v) is 8.67. The number of aromatic nitrogens is 2. The van der Waals surface area contributed by atoms with Gasteiger partial charge in [0.1, 0.15) is 0 Å². The van der Waals surface area contributed by atoms with Crippen molar-refractivity contribution < 1.29 is 9.26 Å². The lowest BCUT2D eigenvalue weighted by atomic mass is 10.1. The van der Waals surface area contributed by atoms with E-state index in [1.807, 2.05) is 32.0 Å². The van der Waals surface area contributed by atoms with Crippen molar-refractivity contribution in [1.82, 2.24) is 20.8 Å². The van der Waals surface area contributed by atoms with Gasteiger partial charge in [0.15, 0.2) is 11.7 Å². The number of nitrogens with zero attached hydrogens (tertiary/aromatic N) is 3. The SMILES string of the molecule is CCNC(=NCc1ccnc(OCC)c1)NCc1cc(C(C)C)no1.I. The van der Waals surface area contributed by atoms with E-state index in [1.165, 1.54) is 0 Å². The van der Waals surface area contributed by atoms with Crippen molar-refractivity contribution in [2.24, 2.45) is 4.99 Å². The fourth-order valence-corrected chi connectivity index (χ4v) is 2.14. The summed E-state index contributed by atoms with van der Waals surface area (Å²) in [6.07, 6.45) is 1.73. The number of pyridine rings is 1. The third-order valence-electron chi connectivity index (χ3n) is 3.45. The molecule has 2 aromatic rings. The molecule has 0 amide bonds. The monoisotopic (exact) mass is 473 g/mol. The predicted octanol–water partition coefficient (Wildman–Crippen LogP) is 3.47. The molecular formula is C18H28IN5O2. The molecule has 2 heterocycles. The van der Waals surface area contributed by atoms with Crippen molar-refractivity contribution >= 4 is 29.9 Å². The summed E-state index contributed by atoms with van der Waals surface area (Å²) in [6.45, 7) is 10.6. The molecule has 7 nitrogen and oxygen atoms in total. The molecule has 0 atom stereocenters. The lowest BCUT2D eigenvalue weighted by Gasteiger charge is -2.10. The van der Waals surface area contributed by atoms with Crippen LogP contribution in [0.15, 0.2) is 33.9 Å². The number of rotatable bonds is 8. The average molecular weight is 473 g/mol. The van der Waals surface area contributed by atoms with Gasteiger partial charge in [-0.15, -0.1) is 24.0 Å². The summed E-state index contributed by atoms with van der Waals surface area (Å²) < 4.78 is 10.8. The highest BCUT2D eigenvalue weighted by Gasteiger charge is 2.08. The van der Waals surface area contributed by atoms with Crippen LogP contribution in [-0.2, 0) is 13.1 Å². The summed E-state index contributed by atoms with van der Waals surface area (Å²) in [7, 11) is 0. The van der Waals surface area contributed by atoms with E-state index in [0.29, 0.717) is 31.5 Å². The number of hydrogen-bond donors (Lipinski definition) is 2. The Kier molecular flexibility index (Phi) is 10.0. The molecule has 0 fully saturated rings. The maximum atomic E-state index is 5.42. The quantitative estimate of drug-likeness (QED) is 0.347. The molecular weight excluding hydrogens is 445 g/mol. The maximum Gasteiger partial charge on any atom is 0.213 e. The number of hydrogen-bond acceptors (Lipinski definition) is 5. The Labute approximate surface area is 172 Å². The Bertz CT molecular complexity index is 688. The Morgan fingerprint density at radius 3 is 2.73 bits per heavy atom. The van der Waals surface area contributed by atoms with Crippen LogP contribution < -0.4 is 15.4 Å². The van der Waals surface area contributed by atoms with E-state index in [9.17, 15) is 0 Å². The summed E-state index contributed by atoms with van der Waals surface area (Å²) in [4.78, 5) is 8.75. The smallest absolute Gasteiger partial charge is 0.213 e. The van der Waals surface area contributed by atoms with Crippen LogP contribution in [0.2, 0.25) is 0 Å². The van der Waals surface area contributed by atoms with Crippen molar-refractivity contribution in [3.05, 3.63) is 41.4 Å². The Morgan fingerprint density at radius 1 is 1.27 bits per heavy atom. The second-order valence-corrected chi connectivity index (χ2v) is 5.86. The zero-order valence-corrected chi connectivity index (χ0v) is 18.1. The normalized spacial score (nSPS) is 11.2. The number of guanidine groups is 1. The fraction of sp³-hybridized carbons (Fsp3) is 0.500. The Balaban J connectivity index is 0.00000338. The molecule has 8 heteroatoms. The molecule has 2 rings (SSSR count). The highest BCUT2D eigenvalue weighted by molar-refractivity contribution is 14.0. The van der Waals surface area contributed by atoms with Gasteiger partial charge in [0, 0.05) is 24.9 Å². The summed E-state index contributed by atoms with van der Waals surface area (Å²) in [5.41, 5.74) is 2.00. The second-order valence-electron chi connectivity index (χ2n) is 5.86. The molecule has 0 aliphatic carbocycles. The Hall–Kier alpha value is -1.84. The van der Waals surface area contributed by atoms with Crippen LogP contribution in [0.5, 0.6) is 5.88 Å². The fourth-order valence-electron chi connectivity index (χ4n) is 2.14. The third-order valence-corrected chi connectivity index (χ3v) is 3.45. The first kappa shape index (κ1) is 22.2. The summed E-state index contributed by atoms with van der Waals surface area (Å²) in [5.74, 6) is 2.48. The number of aliphatic imine (C=N–C) groups is 1. The van der Waals surface area contributed by atoms with Gasteiger partial charge in [-0.1, -0.05) is 19.0 Å². The molecule has 144 valence electrons. The number of nitrogens with one attached hydrogen (secondary N) is 2. The molecule has 0 bridgehead atoms. The minimum atomic E-state index is 0. The van der Waals surface area contributed by atoms with E-state index in [-0.39, 0.29) is 24.0 Å². The number of halogens is 1. The van der Waals surface area contributed by atoms with Crippen LogP contribution in [0.4, 0.5) is 0 Å². The first-order chi connectivity index (χ1) is 12.1. The standard InChI is InChI=1S/C18H27N5O2.HI/c1-5-19-18(22-12-15-10-16(13(3)4)23-25-15)21-11-14-7-8-20-17(9-14)24-6-2;/h7-10,13H,5-6,11-12H2,1-4H3,(H2,19,21,22);1H. The van der Waals surface area contributed by atoms with Gasteiger partial charge in [0.25, 0.3) is 0 Å². The second kappa shape index (κ2) is 11.7. The van der Waals surface area contributed by atoms with Crippen LogP contribution in [0.3, 0.4) is 0 Å². The molecule has 0 radical (unpaired) electrons. The highest BCUT2D eigenvalue weighted by Crippen LogP contribution is 2.14. The van der Waals surface area contributed by atoms with Crippen molar-refractivity contribution in [2.75, 3.05) is 13.2 Å². The lowest BCUT2D eigenvalue weighted by molar-refractivity contribution is 0.326. The molecule has 26 heavy (non-hydrogen) atoms.